The molecule has 0 saturated carbocycles. The topological polar surface area (TPSA) is 83.9 Å². The first-order valence-electron chi connectivity index (χ1n) is 10.4. The van der Waals surface area contributed by atoms with Crippen LogP contribution in [0.1, 0.15) is 68.2 Å². The van der Waals surface area contributed by atoms with Gasteiger partial charge in [0.25, 0.3) is 0 Å². The maximum absolute atomic E-state index is 13.1. The smallest absolute Gasteiger partial charge is 0.410 e. The van der Waals surface area contributed by atoms with Crippen LogP contribution in [0.2, 0.25) is 0 Å². The van der Waals surface area contributed by atoms with Crippen molar-refractivity contribution >= 4 is 28.6 Å². The van der Waals surface area contributed by atoms with Gasteiger partial charge < -0.3 is 14.7 Å². The van der Waals surface area contributed by atoms with Gasteiger partial charge in [-0.05, 0) is 56.5 Å². The Morgan fingerprint density at radius 1 is 1.10 bits per heavy atom. The molecule has 2 aromatic rings. The molecule has 1 saturated heterocycles. The molecule has 1 unspecified atom stereocenters. The fourth-order valence-electron chi connectivity index (χ4n) is 3.55. The van der Waals surface area contributed by atoms with E-state index in [0.717, 1.165) is 0 Å². The molecule has 0 bridgehead atoms. The SMILES string of the molecule is CC.CC(C)(C)OC(=O)N1CCCC(C(=O)c2cc(C(=O)O)c3ccccc3c2)C1. The first-order chi connectivity index (χ1) is 14.2. The van der Waals surface area contributed by atoms with Gasteiger partial charge in [-0.1, -0.05) is 38.1 Å². The zero-order valence-corrected chi connectivity index (χ0v) is 18.4. The van der Waals surface area contributed by atoms with Crippen molar-refractivity contribution in [2.45, 2.75) is 53.1 Å². The first-order valence-corrected chi connectivity index (χ1v) is 10.4. The van der Waals surface area contributed by atoms with Crippen LogP contribution in [0.25, 0.3) is 10.8 Å². The molecule has 1 amide bonds. The summed E-state index contributed by atoms with van der Waals surface area (Å²) in [5.41, 5.74) is -0.114. The van der Waals surface area contributed by atoms with E-state index in [-0.39, 0.29) is 23.8 Å². The number of fused-ring (bicyclic) bond motifs is 1. The lowest BCUT2D eigenvalue weighted by molar-refractivity contribution is 0.0172. The van der Waals surface area contributed by atoms with Crippen LogP contribution in [0.3, 0.4) is 0 Å². The van der Waals surface area contributed by atoms with Gasteiger partial charge in [-0.3, -0.25) is 4.79 Å². The Labute approximate surface area is 177 Å². The number of hydrogen-bond donors (Lipinski definition) is 1. The van der Waals surface area contributed by atoms with E-state index in [9.17, 15) is 19.5 Å². The molecule has 30 heavy (non-hydrogen) atoms. The first kappa shape index (κ1) is 23.4. The number of carbonyl (C=O) groups excluding carboxylic acids is 2. The van der Waals surface area contributed by atoms with Crippen LogP contribution in [-0.4, -0.2) is 46.5 Å². The summed E-state index contributed by atoms with van der Waals surface area (Å²) >= 11 is 0. The normalized spacial score (nSPS) is 16.4. The molecule has 1 aliphatic rings. The lowest BCUT2D eigenvalue weighted by atomic mass is 9.88. The Bertz CT molecular complexity index is 929. The van der Waals surface area contributed by atoms with Crippen molar-refractivity contribution in [2.24, 2.45) is 5.92 Å². The second kappa shape index (κ2) is 9.74. The van der Waals surface area contributed by atoms with Gasteiger partial charge in [-0.25, -0.2) is 9.59 Å². The number of rotatable bonds is 3. The van der Waals surface area contributed by atoms with Gasteiger partial charge in [0.15, 0.2) is 5.78 Å². The van der Waals surface area contributed by atoms with Gasteiger partial charge in [0.05, 0.1) is 5.56 Å². The van der Waals surface area contributed by atoms with Gasteiger partial charge in [0.2, 0.25) is 0 Å². The number of ketones is 1. The number of hydrogen-bond acceptors (Lipinski definition) is 4. The average molecular weight is 414 g/mol. The standard InChI is InChI=1S/C22H25NO5.C2H6/c1-22(2,3)28-21(27)23-10-6-8-15(13-23)19(24)16-11-14-7-4-5-9-17(14)18(12-16)20(25)26;1-2/h4-5,7,9,11-12,15H,6,8,10,13H2,1-3H3,(H,25,26);1-2H3. The average Bonchev–Trinajstić information content (AvgIpc) is 2.72. The monoisotopic (exact) mass is 413 g/mol. The van der Waals surface area contributed by atoms with Crippen LogP contribution in [0, 0.1) is 5.92 Å². The van der Waals surface area contributed by atoms with Gasteiger partial charge in [-0.2, -0.15) is 0 Å². The zero-order valence-electron chi connectivity index (χ0n) is 18.4. The van der Waals surface area contributed by atoms with Crippen molar-refractivity contribution in [1.29, 1.82) is 0 Å². The Morgan fingerprint density at radius 2 is 1.77 bits per heavy atom. The maximum atomic E-state index is 13.1. The van der Waals surface area contributed by atoms with Crippen LogP contribution >= 0.6 is 0 Å². The third-order valence-electron chi connectivity index (χ3n) is 4.82. The summed E-state index contributed by atoms with van der Waals surface area (Å²) in [4.78, 5) is 38.7. The quantitative estimate of drug-likeness (QED) is 0.682. The van der Waals surface area contributed by atoms with Crippen LogP contribution in [0.15, 0.2) is 36.4 Å². The summed E-state index contributed by atoms with van der Waals surface area (Å²) in [5, 5.41) is 10.9. The lowest BCUT2D eigenvalue weighted by Crippen LogP contribution is -2.44. The van der Waals surface area contributed by atoms with E-state index >= 15 is 0 Å². The molecule has 1 atom stereocenters. The number of aromatic carboxylic acids is 1. The van der Waals surface area contributed by atoms with Crippen LogP contribution in [0.4, 0.5) is 4.79 Å². The molecule has 1 heterocycles. The minimum absolute atomic E-state index is 0.112. The van der Waals surface area contributed by atoms with Gasteiger partial charge >= 0.3 is 12.1 Å². The number of Topliss-reactive ketones (excluding diaryl/α,β-unsaturated/α-hetero) is 1. The second-order valence-electron chi connectivity index (χ2n) is 8.18. The van der Waals surface area contributed by atoms with Gasteiger partial charge in [-0.15, -0.1) is 0 Å². The number of ether oxygens (including phenoxy) is 1. The summed E-state index contributed by atoms with van der Waals surface area (Å²) in [7, 11) is 0. The summed E-state index contributed by atoms with van der Waals surface area (Å²) in [6.07, 6.45) is 0.942. The Balaban J connectivity index is 0.00000155. The third-order valence-corrected chi connectivity index (χ3v) is 4.82. The van der Waals surface area contributed by atoms with Crippen molar-refractivity contribution in [1.82, 2.24) is 4.90 Å². The number of benzene rings is 2. The molecule has 1 aliphatic heterocycles. The summed E-state index contributed by atoms with van der Waals surface area (Å²) in [5.74, 6) is -1.57. The van der Waals surface area contributed by atoms with E-state index in [1.807, 2.05) is 19.9 Å². The highest BCUT2D eigenvalue weighted by Gasteiger charge is 2.32. The summed E-state index contributed by atoms with van der Waals surface area (Å²) < 4.78 is 5.42. The van der Waals surface area contributed by atoms with E-state index < -0.39 is 17.7 Å². The van der Waals surface area contributed by atoms with Crippen molar-refractivity contribution in [3.05, 3.63) is 47.5 Å². The Morgan fingerprint density at radius 3 is 2.40 bits per heavy atom. The molecule has 6 heteroatoms. The van der Waals surface area contributed by atoms with Crippen LogP contribution in [0.5, 0.6) is 0 Å². The molecular formula is C24H31NO5. The number of piperidine rings is 1. The minimum Gasteiger partial charge on any atom is -0.478 e. The van der Waals surface area contributed by atoms with E-state index in [2.05, 4.69) is 0 Å². The molecule has 162 valence electrons. The van der Waals surface area contributed by atoms with Gasteiger partial charge in [0.1, 0.15) is 5.60 Å². The van der Waals surface area contributed by atoms with E-state index in [0.29, 0.717) is 35.7 Å². The largest absolute Gasteiger partial charge is 0.478 e. The van der Waals surface area contributed by atoms with E-state index in [1.54, 1.807) is 49.9 Å². The minimum atomic E-state index is -1.06. The Kier molecular flexibility index (Phi) is 7.59. The number of carboxylic acids is 1. The second-order valence-corrected chi connectivity index (χ2v) is 8.18. The van der Waals surface area contributed by atoms with E-state index in [4.69, 9.17) is 4.74 Å². The molecule has 6 nitrogen and oxygen atoms in total. The fraction of sp³-hybridized carbons (Fsp3) is 0.458. The lowest BCUT2D eigenvalue weighted by Gasteiger charge is -2.33. The van der Waals surface area contributed by atoms with Crippen LogP contribution < -0.4 is 0 Å². The third kappa shape index (κ3) is 5.59. The highest BCUT2D eigenvalue weighted by Crippen LogP contribution is 2.27. The zero-order chi connectivity index (χ0) is 22.5. The van der Waals surface area contributed by atoms with E-state index in [1.165, 1.54) is 6.07 Å². The van der Waals surface area contributed by atoms with Crippen molar-refractivity contribution < 1.29 is 24.2 Å². The summed E-state index contributed by atoms with van der Waals surface area (Å²) in [6.45, 7) is 10.2. The number of amides is 1. The number of nitrogens with zero attached hydrogens (tertiary/aromatic N) is 1. The predicted octanol–water partition coefficient (Wildman–Crippen LogP) is 5.39. The van der Waals surface area contributed by atoms with Crippen molar-refractivity contribution in [3.63, 3.8) is 0 Å². The number of carboxylic acid groups (broad SMARTS) is 1. The molecule has 1 fully saturated rings. The van der Waals surface area contributed by atoms with Crippen molar-refractivity contribution in [3.8, 4) is 0 Å². The molecule has 2 aromatic carbocycles. The molecule has 0 aromatic heterocycles. The molecule has 0 radical (unpaired) electrons. The predicted molar refractivity (Wildman–Crippen MR) is 117 cm³/mol. The fourth-order valence-corrected chi connectivity index (χ4v) is 3.55. The van der Waals surface area contributed by atoms with Crippen LogP contribution in [-0.2, 0) is 4.74 Å². The molecular weight excluding hydrogens is 382 g/mol. The molecule has 0 aliphatic carbocycles. The molecule has 1 N–H and O–H groups in total. The maximum Gasteiger partial charge on any atom is 0.410 e. The molecule has 0 spiro atoms. The Hall–Kier alpha value is -2.89. The summed E-state index contributed by atoms with van der Waals surface area (Å²) in [6, 6.07) is 10.3. The van der Waals surface area contributed by atoms with Crippen molar-refractivity contribution in [2.75, 3.05) is 13.1 Å². The number of carbonyl (C=O) groups is 3. The highest BCUT2D eigenvalue weighted by molar-refractivity contribution is 6.09. The number of likely N-dealkylation sites (tertiary alicyclic amines) is 1. The van der Waals surface area contributed by atoms with Gasteiger partial charge in [0, 0.05) is 24.6 Å². The highest BCUT2D eigenvalue weighted by atomic mass is 16.6. The molecule has 3 rings (SSSR count).